The van der Waals surface area contributed by atoms with E-state index in [0.29, 0.717) is 11.3 Å². The Bertz CT molecular complexity index is 314. The van der Waals surface area contributed by atoms with E-state index >= 15 is 0 Å². The topological polar surface area (TPSA) is 3.24 Å². The highest BCUT2D eigenvalue weighted by atomic mass is 15.1. The van der Waals surface area contributed by atoms with E-state index in [1.54, 1.807) is 5.57 Å². The molecule has 1 heteroatoms. The summed E-state index contributed by atoms with van der Waals surface area (Å²) in [7, 11) is 2.25. The van der Waals surface area contributed by atoms with Gasteiger partial charge in [0.05, 0.1) is 0 Å². The van der Waals surface area contributed by atoms with Gasteiger partial charge in [0.1, 0.15) is 0 Å². The molecule has 0 saturated carbocycles. The van der Waals surface area contributed by atoms with Crippen molar-refractivity contribution in [1.82, 2.24) is 4.90 Å². The van der Waals surface area contributed by atoms with Crippen LogP contribution in [0, 0.1) is 11.3 Å². The van der Waals surface area contributed by atoms with Gasteiger partial charge < -0.3 is 4.90 Å². The molecule has 0 N–H and O–H groups in total. The van der Waals surface area contributed by atoms with Crippen molar-refractivity contribution >= 4 is 0 Å². The van der Waals surface area contributed by atoms with Crippen molar-refractivity contribution in [3.8, 4) is 0 Å². The van der Waals surface area contributed by atoms with Gasteiger partial charge in [-0.25, -0.2) is 0 Å². The van der Waals surface area contributed by atoms with E-state index in [1.165, 1.54) is 37.9 Å². The summed E-state index contributed by atoms with van der Waals surface area (Å²) in [4.78, 5) is 2.47. The van der Waals surface area contributed by atoms with Gasteiger partial charge in [-0.2, -0.15) is 0 Å². The van der Waals surface area contributed by atoms with Crippen LogP contribution in [0.5, 0.6) is 0 Å². The molecule has 0 amide bonds. The molecule has 1 fully saturated rings. The van der Waals surface area contributed by atoms with E-state index in [0.717, 1.165) is 0 Å². The SMILES string of the molecule is CC1=C(C(C)C)C2(CC=C1)CCN(C)CC2. The van der Waals surface area contributed by atoms with Crippen LogP contribution in [0.25, 0.3) is 0 Å². The molecule has 1 nitrogen and oxygen atoms in total. The van der Waals surface area contributed by atoms with Gasteiger partial charge in [-0.05, 0) is 57.7 Å². The molecule has 0 radical (unpaired) electrons. The Kier molecular flexibility index (Phi) is 3.25. The number of piperidine rings is 1. The first-order chi connectivity index (χ1) is 7.55. The average molecular weight is 219 g/mol. The fourth-order valence-electron chi connectivity index (χ4n) is 3.67. The number of nitrogens with zero attached hydrogens (tertiary/aromatic N) is 1. The van der Waals surface area contributed by atoms with Gasteiger partial charge in [0.2, 0.25) is 0 Å². The van der Waals surface area contributed by atoms with E-state index in [9.17, 15) is 0 Å². The molecule has 1 saturated heterocycles. The maximum atomic E-state index is 2.47. The highest BCUT2D eigenvalue weighted by Crippen LogP contribution is 2.48. The van der Waals surface area contributed by atoms with Crippen LogP contribution in [-0.2, 0) is 0 Å². The summed E-state index contributed by atoms with van der Waals surface area (Å²) >= 11 is 0. The molecule has 2 aliphatic rings. The van der Waals surface area contributed by atoms with E-state index in [2.05, 4.69) is 44.9 Å². The van der Waals surface area contributed by atoms with Crippen molar-refractivity contribution in [1.29, 1.82) is 0 Å². The lowest BCUT2D eigenvalue weighted by atomic mass is 9.63. The minimum absolute atomic E-state index is 0.500. The summed E-state index contributed by atoms with van der Waals surface area (Å²) < 4.78 is 0. The molecule has 16 heavy (non-hydrogen) atoms. The molecule has 0 aromatic heterocycles. The van der Waals surface area contributed by atoms with Crippen molar-refractivity contribution in [3.05, 3.63) is 23.3 Å². The summed E-state index contributed by atoms with van der Waals surface area (Å²) in [5.74, 6) is 0.702. The summed E-state index contributed by atoms with van der Waals surface area (Å²) in [6, 6.07) is 0. The highest BCUT2D eigenvalue weighted by Gasteiger charge is 2.39. The van der Waals surface area contributed by atoms with Crippen LogP contribution in [0.4, 0.5) is 0 Å². The monoisotopic (exact) mass is 219 g/mol. The Morgan fingerprint density at radius 1 is 1.25 bits per heavy atom. The van der Waals surface area contributed by atoms with Gasteiger partial charge in [-0.1, -0.05) is 37.1 Å². The second kappa shape index (κ2) is 4.37. The van der Waals surface area contributed by atoms with Crippen molar-refractivity contribution in [2.75, 3.05) is 20.1 Å². The molecule has 90 valence electrons. The number of hydrogen-bond acceptors (Lipinski definition) is 1. The van der Waals surface area contributed by atoms with Crippen LogP contribution in [-0.4, -0.2) is 25.0 Å². The third kappa shape index (κ3) is 1.98. The third-order valence-corrected chi connectivity index (χ3v) is 4.39. The largest absolute Gasteiger partial charge is 0.306 e. The Morgan fingerprint density at radius 2 is 1.88 bits per heavy atom. The van der Waals surface area contributed by atoms with Crippen LogP contribution in [0.2, 0.25) is 0 Å². The number of hydrogen-bond donors (Lipinski definition) is 0. The summed E-state index contributed by atoms with van der Waals surface area (Å²) in [5, 5.41) is 0. The smallest absolute Gasteiger partial charge is 0.00133 e. The standard InChI is InChI=1S/C15H25N/c1-12(2)14-13(3)6-5-7-15(14)8-10-16(4)11-9-15/h5-6,12H,7-11H2,1-4H3. The summed E-state index contributed by atoms with van der Waals surface area (Å²) in [6.45, 7) is 9.54. The predicted molar refractivity (Wildman–Crippen MR) is 70.5 cm³/mol. The molecule has 1 aliphatic carbocycles. The Hall–Kier alpha value is -0.560. The van der Waals surface area contributed by atoms with Crippen LogP contribution in [0.3, 0.4) is 0 Å². The Morgan fingerprint density at radius 3 is 2.44 bits per heavy atom. The number of rotatable bonds is 1. The van der Waals surface area contributed by atoms with Crippen LogP contribution < -0.4 is 0 Å². The lowest BCUT2D eigenvalue weighted by Gasteiger charge is -2.45. The lowest BCUT2D eigenvalue weighted by molar-refractivity contribution is 0.145. The maximum Gasteiger partial charge on any atom is -0.00133 e. The van der Waals surface area contributed by atoms with Gasteiger partial charge in [0, 0.05) is 0 Å². The summed E-state index contributed by atoms with van der Waals surface area (Å²) in [6.07, 6.45) is 8.69. The molecule has 1 aliphatic heterocycles. The van der Waals surface area contributed by atoms with Gasteiger partial charge in [0.15, 0.2) is 0 Å². The third-order valence-electron chi connectivity index (χ3n) is 4.39. The normalized spacial score (nSPS) is 25.8. The van der Waals surface area contributed by atoms with Gasteiger partial charge >= 0.3 is 0 Å². The molecule has 1 heterocycles. The first-order valence-corrected chi connectivity index (χ1v) is 6.61. The van der Waals surface area contributed by atoms with Crippen LogP contribution in [0.15, 0.2) is 23.3 Å². The predicted octanol–water partition coefficient (Wildman–Crippen LogP) is 3.63. The minimum atomic E-state index is 0.500. The number of allylic oxidation sites excluding steroid dienone is 4. The maximum absolute atomic E-state index is 2.47. The molecule has 2 rings (SSSR count). The summed E-state index contributed by atoms with van der Waals surface area (Å²) in [5.41, 5.74) is 3.77. The van der Waals surface area contributed by atoms with Gasteiger partial charge in [0.25, 0.3) is 0 Å². The molecule has 0 bridgehead atoms. The second-order valence-electron chi connectivity index (χ2n) is 5.94. The molecule has 1 spiro atoms. The van der Waals surface area contributed by atoms with Gasteiger partial charge in [-0.3, -0.25) is 0 Å². The van der Waals surface area contributed by atoms with Crippen molar-refractivity contribution in [2.24, 2.45) is 11.3 Å². The second-order valence-corrected chi connectivity index (χ2v) is 5.94. The van der Waals surface area contributed by atoms with Gasteiger partial charge in [-0.15, -0.1) is 0 Å². The van der Waals surface area contributed by atoms with Crippen molar-refractivity contribution in [2.45, 2.75) is 40.0 Å². The zero-order chi connectivity index (χ0) is 11.8. The van der Waals surface area contributed by atoms with Crippen LogP contribution in [0.1, 0.15) is 40.0 Å². The van der Waals surface area contributed by atoms with E-state index in [1.807, 2.05) is 0 Å². The quantitative estimate of drug-likeness (QED) is 0.651. The average Bonchev–Trinajstić information content (AvgIpc) is 2.22. The first-order valence-electron chi connectivity index (χ1n) is 6.61. The zero-order valence-electron chi connectivity index (χ0n) is 11.2. The Balaban J connectivity index is 2.30. The molecule has 0 aromatic rings. The molecule has 0 unspecified atom stereocenters. The van der Waals surface area contributed by atoms with E-state index in [-0.39, 0.29) is 0 Å². The zero-order valence-corrected chi connectivity index (χ0v) is 11.2. The highest BCUT2D eigenvalue weighted by molar-refractivity contribution is 5.35. The van der Waals surface area contributed by atoms with E-state index < -0.39 is 0 Å². The van der Waals surface area contributed by atoms with Crippen molar-refractivity contribution < 1.29 is 0 Å². The fraction of sp³-hybridized carbons (Fsp3) is 0.733. The molecule has 0 atom stereocenters. The fourth-order valence-corrected chi connectivity index (χ4v) is 3.67. The molecular weight excluding hydrogens is 194 g/mol. The molecule has 0 aromatic carbocycles. The molecular formula is C15H25N. The Labute approximate surface area is 100 Å². The van der Waals surface area contributed by atoms with Crippen LogP contribution >= 0.6 is 0 Å². The van der Waals surface area contributed by atoms with Crippen molar-refractivity contribution in [3.63, 3.8) is 0 Å². The first kappa shape index (κ1) is 11.9. The minimum Gasteiger partial charge on any atom is -0.306 e. The van der Waals surface area contributed by atoms with E-state index in [4.69, 9.17) is 0 Å². The lowest BCUT2D eigenvalue weighted by Crippen LogP contribution is -2.41. The number of likely N-dealkylation sites (tertiary alicyclic amines) is 1.